The van der Waals surface area contributed by atoms with E-state index in [2.05, 4.69) is 29.8 Å². The summed E-state index contributed by atoms with van der Waals surface area (Å²) in [6, 6.07) is 15.3. The van der Waals surface area contributed by atoms with Crippen molar-refractivity contribution in [1.29, 1.82) is 0 Å². The summed E-state index contributed by atoms with van der Waals surface area (Å²) in [6.07, 6.45) is 1.06. The number of nitrogens with one attached hydrogen (secondary N) is 1. The van der Waals surface area contributed by atoms with Crippen molar-refractivity contribution in [2.45, 2.75) is 33.4 Å². The fraction of sp³-hybridized carbons (Fsp3) is 0.333. The highest BCUT2D eigenvalue weighted by molar-refractivity contribution is 5.96. The second-order valence-electron chi connectivity index (χ2n) is 6.73. The minimum Gasteiger partial charge on any atom is -0.496 e. The topological polar surface area (TPSA) is 56.1 Å². The van der Waals surface area contributed by atoms with Crippen LogP contribution in [0.15, 0.2) is 48.5 Å². The summed E-state index contributed by atoms with van der Waals surface area (Å²) in [7, 11) is 1.57. The van der Waals surface area contributed by atoms with Crippen LogP contribution in [0.25, 0.3) is 11.0 Å². The molecule has 0 unspecified atom stereocenters. The number of carbonyl (C=O) groups is 1. The van der Waals surface area contributed by atoms with E-state index in [1.165, 1.54) is 0 Å². The lowest BCUT2D eigenvalue weighted by molar-refractivity contribution is 0.0946. The van der Waals surface area contributed by atoms with E-state index in [1.54, 1.807) is 19.2 Å². The lowest BCUT2D eigenvalue weighted by atomic mass is 10.1. The van der Waals surface area contributed by atoms with Crippen molar-refractivity contribution in [1.82, 2.24) is 14.9 Å². The van der Waals surface area contributed by atoms with Crippen LogP contribution in [-0.2, 0) is 13.1 Å². The quantitative estimate of drug-likeness (QED) is 0.699. The van der Waals surface area contributed by atoms with Gasteiger partial charge >= 0.3 is 0 Å². The van der Waals surface area contributed by atoms with Crippen LogP contribution in [0.2, 0.25) is 0 Å². The summed E-state index contributed by atoms with van der Waals surface area (Å²) in [5, 5.41) is 2.98. The predicted octanol–water partition coefficient (Wildman–Crippen LogP) is 4.02. The van der Waals surface area contributed by atoms with Gasteiger partial charge in [0.25, 0.3) is 5.91 Å². The number of benzene rings is 2. The largest absolute Gasteiger partial charge is 0.496 e. The Morgan fingerprint density at radius 2 is 1.88 bits per heavy atom. The third kappa shape index (κ3) is 3.87. The molecule has 0 aliphatic carbocycles. The number of hydrogen-bond acceptors (Lipinski definition) is 3. The molecule has 1 N–H and O–H groups in total. The number of rotatable bonds is 7. The van der Waals surface area contributed by atoms with Crippen LogP contribution in [0.4, 0.5) is 0 Å². The molecule has 0 aliphatic rings. The van der Waals surface area contributed by atoms with Gasteiger partial charge in [-0.1, -0.05) is 38.1 Å². The van der Waals surface area contributed by atoms with Gasteiger partial charge in [0.2, 0.25) is 0 Å². The van der Waals surface area contributed by atoms with Gasteiger partial charge in [0, 0.05) is 6.54 Å². The average molecular weight is 351 g/mol. The molecule has 0 bridgehead atoms. The maximum Gasteiger partial charge on any atom is 0.255 e. The number of aryl methyl sites for hydroxylation is 1. The van der Waals surface area contributed by atoms with Gasteiger partial charge in [-0.15, -0.1) is 0 Å². The summed E-state index contributed by atoms with van der Waals surface area (Å²) in [6.45, 7) is 5.69. The van der Waals surface area contributed by atoms with Crippen molar-refractivity contribution in [3.05, 3.63) is 59.9 Å². The molecule has 3 aromatic rings. The van der Waals surface area contributed by atoms with Crippen LogP contribution in [0.3, 0.4) is 0 Å². The Kier molecular flexibility index (Phi) is 5.56. The van der Waals surface area contributed by atoms with E-state index in [9.17, 15) is 4.79 Å². The van der Waals surface area contributed by atoms with E-state index in [0.29, 0.717) is 23.8 Å². The van der Waals surface area contributed by atoms with Crippen LogP contribution >= 0.6 is 0 Å². The summed E-state index contributed by atoms with van der Waals surface area (Å²) < 4.78 is 7.48. The number of nitrogens with zero attached hydrogens (tertiary/aromatic N) is 2. The Bertz CT molecular complexity index is 899. The minimum absolute atomic E-state index is 0.162. The standard InChI is InChI=1S/C21H25N3O2/c1-15(2)12-13-24-18-10-6-5-9-17(18)23-20(24)14-22-21(25)16-8-4-7-11-19(16)26-3/h4-11,15H,12-14H2,1-3H3,(H,22,25). The van der Waals surface area contributed by atoms with Crippen molar-refractivity contribution < 1.29 is 9.53 Å². The molecule has 5 heteroatoms. The zero-order valence-corrected chi connectivity index (χ0v) is 15.5. The maximum atomic E-state index is 12.6. The number of fused-ring (bicyclic) bond motifs is 1. The molecule has 0 saturated carbocycles. The van der Waals surface area contributed by atoms with Crippen LogP contribution in [0, 0.1) is 5.92 Å². The van der Waals surface area contributed by atoms with Crippen LogP contribution in [-0.4, -0.2) is 22.6 Å². The predicted molar refractivity (Wildman–Crippen MR) is 103 cm³/mol. The highest BCUT2D eigenvalue weighted by atomic mass is 16.5. The van der Waals surface area contributed by atoms with Gasteiger partial charge in [-0.25, -0.2) is 4.98 Å². The molecule has 0 fully saturated rings. The van der Waals surface area contributed by atoms with Crippen LogP contribution in [0.1, 0.15) is 36.5 Å². The second-order valence-corrected chi connectivity index (χ2v) is 6.73. The number of hydrogen-bond donors (Lipinski definition) is 1. The molecule has 0 saturated heterocycles. The SMILES string of the molecule is COc1ccccc1C(=O)NCc1nc2ccccc2n1CCC(C)C. The lowest BCUT2D eigenvalue weighted by Gasteiger charge is -2.12. The fourth-order valence-electron chi connectivity index (χ4n) is 2.98. The first-order valence-corrected chi connectivity index (χ1v) is 8.95. The maximum absolute atomic E-state index is 12.6. The zero-order chi connectivity index (χ0) is 18.5. The summed E-state index contributed by atoms with van der Waals surface area (Å²) in [4.78, 5) is 17.3. The van der Waals surface area contributed by atoms with E-state index in [0.717, 1.165) is 29.8 Å². The van der Waals surface area contributed by atoms with Gasteiger partial charge < -0.3 is 14.6 Å². The van der Waals surface area contributed by atoms with E-state index in [4.69, 9.17) is 9.72 Å². The molecule has 3 rings (SSSR count). The third-order valence-electron chi connectivity index (χ3n) is 4.42. The van der Waals surface area contributed by atoms with E-state index >= 15 is 0 Å². The number of carbonyl (C=O) groups excluding carboxylic acids is 1. The molecule has 0 radical (unpaired) electrons. The highest BCUT2D eigenvalue weighted by Gasteiger charge is 2.14. The molecular formula is C21H25N3O2. The smallest absolute Gasteiger partial charge is 0.255 e. The van der Waals surface area contributed by atoms with Crippen molar-refractivity contribution >= 4 is 16.9 Å². The molecule has 26 heavy (non-hydrogen) atoms. The highest BCUT2D eigenvalue weighted by Crippen LogP contribution is 2.19. The van der Waals surface area contributed by atoms with Crippen molar-refractivity contribution in [2.75, 3.05) is 7.11 Å². The molecule has 0 spiro atoms. The summed E-state index contributed by atoms with van der Waals surface area (Å²) in [5.41, 5.74) is 2.59. The molecule has 2 aromatic carbocycles. The molecule has 1 aromatic heterocycles. The van der Waals surface area contributed by atoms with Gasteiger partial charge in [-0.2, -0.15) is 0 Å². The fourth-order valence-corrected chi connectivity index (χ4v) is 2.98. The zero-order valence-electron chi connectivity index (χ0n) is 15.5. The minimum atomic E-state index is -0.162. The number of amides is 1. The second kappa shape index (κ2) is 8.04. The van der Waals surface area contributed by atoms with Crippen molar-refractivity contribution in [3.8, 4) is 5.75 Å². The monoisotopic (exact) mass is 351 g/mol. The van der Waals surface area contributed by atoms with Gasteiger partial charge in [0.05, 0.1) is 30.3 Å². The van der Waals surface area contributed by atoms with Gasteiger partial charge in [0.1, 0.15) is 11.6 Å². The Morgan fingerprint density at radius 1 is 1.15 bits per heavy atom. The molecule has 5 nitrogen and oxygen atoms in total. The first-order valence-electron chi connectivity index (χ1n) is 8.95. The van der Waals surface area contributed by atoms with Crippen molar-refractivity contribution in [2.24, 2.45) is 5.92 Å². The number of ether oxygens (including phenoxy) is 1. The van der Waals surface area contributed by atoms with Crippen LogP contribution in [0.5, 0.6) is 5.75 Å². The number of para-hydroxylation sites is 3. The van der Waals surface area contributed by atoms with Crippen molar-refractivity contribution in [3.63, 3.8) is 0 Å². The van der Waals surface area contributed by atoms with Crippen LogP contribution < -0.4 is 10.1 Å². The lowest BCUT2D eigenvalue weighted by Crippen LogP contribution is -2.25. The van der Waals surface area contributed by atoms with E-state index < -0.39 is 0 Å². The first kappa shape index (κ1) is 18.0. The van der Waals surface area contributed by atoms with E-state index in [1.807, 2.05) is 30.3 Å². The number of methoxy groups -OCH3 is 1. The molecular weight excluding hydrogens is 326 g/mol. The molecule has 1 amide bonds. The molecule has 0 aliphatic heterocycles. The Balaban J connectivity index is 1.81. The summed E-state index contributed by atoms with van der Waals surface area (Å²) >= 11 is 0. The Hall–Kier alpha value is -2.82. The number of aromatic nitrogens is 2. The number of imidazole rings is 1. The average Bonchev–Trinajstić information content (AvgIpc) is 3.01. The normalized spacial score (nSPS) is 11.1. The Labute approximate surface area is 154 Å². The molecule has 1 heterocycles. The van der Waals surface area contributed by atoms with E-state index in [-0.39, 0.29) is 5.91 Å². The molecule has 136 valence electrons. The van der Waals surface area contributed by atoms with Gasteiger partial charge in [-0.3, -0.25) is 4.79 Å². The van der Waals surface area contributed by atoms with Gasteiger partial charge in [-0.05, 0) is 36.6 Å². The molecule has 0 atom stereocenters. The van der Waals surface area contributed by atoms with Gasteiger partial charge in [0.15, 0.2) is 0 Å². The third-order valence-corrected chi connectivity index (χ3v) is 4.42. The first-order chi connectivity index (χ1) is 12.6. The summed E-state index contributed by atoms with van der Waals surface area (Å²) in [5.74, 6) is 1.88. The Morgan fingerprint density at radius 3 is 2.65 bits per heavy atom.